The van der Waals surface area contributed by atoms with Crippen LogP contribution in [0.3, 0.4) is 0 Å². The van der Waals surface area contributed by atoms with E-state index in [-0.39, 0.29) is 17.2 Å². The first-order valence-corrected chi connectivity index (χ1v) is 10.7. The molecule has 0 aromatic heterocycles. The number of hydrogen-bond donors (Lipinski definition) is 6. The highest BCUT2D eigenvalue weighted by atomic mass is 32.3. The number of benzene rings is 2. The van der Waals surface area contributed by atoms with Crippen molar-refractivity contribution in [3.05, 3.63) is 53.6 Å². The third-order valence-electron chi connectivity index (χ3n) is 4.58. The molecule has 1 heterocycles. The molecule has 2 aromatic rings. The highest BCUT2D eigenvalue weighted by Crippen LogP contribution is 2.30. The van der Waals surface area contributed by atoms with Gasteiger partial charge < -0.3 is 35.0 Å². The Morgan fingerprint density at radius 3 is 2.22 bits per heavy atom. The number of aliphatic hydroxyl groups is 3. The summed E-state index contributed by atoms with van der Waals surface area (Å²) in [5.74, 6) is -0.0652. The van der Waals surface area contributed by atoms with E-state index in [0.29, 0.717) is 5.56 Å². The van der Waals surface area contributed by atoms with Gasteiger partial charge in [0.1, 0.15) is 41.7 Å². The van der Waals surface area contributed by atoms with Gasteiger partial charge in [0.25, 0.3) is 0 Å². The molecule has 5 unspecified atom stereocenters. The van der Waals surface area contributed by atoms with Crippen molar-refractivity contribution in [3.63, 3.8) is 0 Å². The van der Waals surface area contributed by atoms with E-state index in [0.717, 1.165) is 5.56 Å². The number of hydrogen-bond acceptors (Lipinski definition) is 10. The van der Waals surface area contributed by atoms with Gasteiger partial charge in [-0.15, -0.1) is 0 Å². The van der Waals surface area contributed by atoms with E-state index in [1.165, 1.54) is 30.3 Å². The third kappa shape index (κ3) is 6.17. The lowest BCUT2D eigenvalue weighted by molar-refractivity contribution is -0.272. The summed E-state index contributed by atoms with van der Waals surface area (Å²) in [5.41, 5.74) is 1.26. The van der Waals surface area contributed by atoms with Gasteiger partial charge in [0.2, 0.25) is 6.29 Å². The fraction of sp³-hybridized carbons (Fsp3) is 0.300. The molecule has 0 amide bonds. The molecule has 1 aliphatic rings. The number of ether oxygens (including phenoxy) is 2. The summed E-state index contributed by atoms with van der Waals surface area (Å²) in [6.07, 6.45) is -5.20. The van der Waals surface area contributed by atoms with Gasteiger partial charge in [-0.25, -0.2) is 4.18 Å². The number of aliphatic hydroxyl groups excluding tert-OH is 3. The van der Waals surface area contributed by atoms with Gasteiger partial charge in [0.05, 0.1) is 6.61 Å². The highest BCUT2D eigenvalue weighted by Gasteiger charge is 2.48. The first kappa shape index (κ1) is 23.9. The van der Waals surface area contributed by atoms with Crippen molar-refractivity contribution in [1.29, 1.82) is 0 Å². The molecule has 0 bridgehead atoms. The number of phenols is 2. The summed E-state index contributed by atoms with van der Waals surface area (Å²) >= 11 is 0. The number of rotatable bonds is 7. The second-order valence-corrected chi connectivity index (χ2v) is 8.05. The Morgan fingerprint density at radius 2 is 1.59 bits per heavy atom. The SMILES string of the molecule is O=S(=O)(O)OC1C(O)C(CO)OC(Oc2cc(O)cc(/C=C\c3ccc(O)cc3)c2)C1O. The maximum absolute atomic E-state index is 11.1. The molecule has 1 fully saturated rings. The Labute approximate surface area is 183 Å². The Kier molecular flexibility index (Phi) is 7.36. The Hall–Kier alpha value is -2.71. The monoisotopic (exact) mass is 470 g/mol. The number of phenolic OH excluding ortho intramolecular Hbond substituents is 2. The lowest BCUT2D eigenvalue weighted by atomic mass is 9.99. The average Bonchev–Trinajstić information content (AvgIpc) is 2.72. The molecular weight excluding hydrogens is 448 g/mol. The van der Waals surface area contributed by atoms with E-state index in [1.807, 2.05) is 0 Å². The van der Waals surface area contributed by atoms with Gasteiger partial charge >= 0.3 is 10.4 Å². The summed E-state index contributed by atoms with van der Waals surface area (Å²) in [6, 6.07) is 10.5. The van der Waals surface area contributed by atoms with Gasteiger partial charge in [-0.1, -0.05) is 24.3 Å². The van der Waals surface area contributed by atoms with Gasteiger partial charge in [-0.3, -0.25) is 4.55 Å². The van der Waals surface area contributed by atoms with Crippen LogP contribution in [-0.2, 0) is 19.3 Å². The molecule has 2 aromatic carbocycles. The second-order valence-electron chi connectivity index (χ2n) is 7.00. The molecule has 0 spiro atoms. The van der Waals surface area contributed by atoms with Crippen LogP contribution in [0.5, 0.6) is 17.2 Å². The van der Waals surface area contributed by atoms with Crippen LogP contribution >= 0.6 is 0 Å². The van der Waals surface area contributed by atoms with E-state index < -0.39 is 47.7 Å². The maximum Gasteiger partial charge on any atom is 0.397 e. The minimum Gasteiger partial charge on any atom is -0.508 e. The first-order valence-electron chi connectivity index (χ1n) is 9.32. The van der Waals surface area contributed by atoms with Crippen LogP contribution in [0.25, 0.3) is 12.2 Å². The van der Waals surface area contributed by atoms with E-state index in [9.17, 15) is 34.0 Å². The largest absolute Gasteiger partial charge is 0.508 e. The molecule has 0 aliphatic carbocycles. The van der Waals surface area contributed by atoms with Gasteiger partial charge in [-0.2, -0.15) is 8.42 Å². The molecule has 174 valence electrons. The van der Waals surface area contributed by atoms with Crippen LogP contribution < -0.4 is 4.74 Å². The molecule has 32 heavy (non-hydrogen) atoms. The maximum atomic E-state index is 11.1. The van der Waals surface area contributed by atoms with Crippen molar-refractivity contribution in [1.82, 2.24) is 0 Å². The molecule has 6 N–H and O–H groups in total. The second kappa shape index (κ2) is 9.83. The standard InChI is InChI=1S/C20H22O11S/c21-10-16-17(24)19(31-32(26,27)28)18(25)20(30-16)29-15-8-12(7-14(23)9-15)2-1-11-3-5-13(22)6-4-11/h1-9,16-25H,10H2,(H,26,27,28)/b2-1-. The molecule has 1 aliphatic heterocycles. The van der Waals surface area contributed by atoms with Crippen molar-refractivity contribution in [2.24, 2.45) is 0 Å². The normalized spacial score (nSPS) is 26.3. The smallest absolute Gasteiger partial charge is 0.397 e. The van der Waals surface area contributed by atoms with Crippen LogP contribution in [0, 0.1) is 0 Å². The molecule has 5 atom stereocenters. The van der Waals surface area contributed by atoms with Crippen molar-refractivity contribution < 1.29 is 52.2 Å². The van der Waals surface area contributed by atoms with Crippen molar-refractivity contribution in [3.8, 4) is 17.2 Å². The number of aromatic hydroxyl groups is 2. The average molecular weight is 470 g/mol. The third-order valence-corrected chi connectivity index (χ3v) is 5.05. The van der Waals surface area contributed by atoms with Crippen LogP contribution in [-0.4, -0.2) is 75.8 Å². The molecular formula is C20H22O11S. The fourth-order valence-electron chi connectivity index (χ4n) is 3.09. The summed E-state index contributed by atoms with van der Waals surface area (Å²) in [4.78, 5) is 0. The quantitative estimate of drug-likeness (QED) is 0.241. The molecule has 12 heteroatoms. The summed E-state index contributed by atoms with van der Waals surface area (Å²) in [5, 5.41) is 49.1. The molecule has 1 saturated heterocycles. The predicted octanol–water partition coefficient (Wildman–Crippen LogP) is 0.274. The molecule has 3 rings (SSSR count). The lowest BCUT2D eigenvalue weighted by Gasteiger charge is -2.40. The predicted molar refractivity (Wildman–Crippen MR) is 110 cm³/mol. The van der Waals surface area contributed by atoms with Crippen LogP contribution in [0.15, 0.2) is 42.5 Å². The van der Waals surface area contributed by atoms with Crippen molar-refractivity contribution in [2.45, 2.75) is 30.7 Å². The van der Waals surface area contributed by atoms with Crippen molar-refractivity contribution in [2.75, 3.05) is 6.61 Å². The minimum atomic E-state index is -5.04. The van der Waals surface area contributed by atoms with Crippen LogP contribution in [0.4, 0.5) is 0 Å². The molecule has 0 saturated carbocycles. The topological polar surface area (TPSA) is 183 Å². The summed E-state index contributed by atoms with van der Waals surface area (Å²) in [6.45, 7) is -0.764. The highest BCUT2D eigenvalue weighted by molar-refractivity contribution is 7.80. The van der Waals surface area contributed by atoms with E-state index in [4.69, 9.17) is 14.0 Å². The Bertz CT molecular complexity index is 1050. The summed E-state index contributed by atoms with van der Waals surface area (Å²) in [7, 11) is -5.04. The molecule has 0 radical (unpaired) electrons. The van der Waals surface area contributed by atoms with Crippen LogP contribution in [0.2, 0.25) is 0 Å². The zero-order chi connectivity index (χ0) is 23.5. The van der Waals surface area contributed by atoms with E-state index in [2.05, 4.69) is 4.18 Å². The Balaban J connectivity index is 1.81. The lowest BCUT2D eigenvalue weighted by Crippen LogP contribution is -2.61. The van der Waals surface area contributed by atoms with Gasteiger partial charge in [-0.05, 0) is 35.4 Å². The zero-order valence-corrected chi connectivity index (χ0v) is 17.2. The fourth-order valence-corrected chi connectivity index (χ4v) is 3.60. The summed E-state index contributed by atoms with van der Waals surface area (Å²) < 4.78 is 46.1. The first-order chi connectivity index (χ1) is 15.1. The minimum absolute atomic E-state index is 0.0121. The van der Waals surface area contributed by atoms with Crippen LogP contribution in [0.1, 0.15) is 11.1 Å². The Morgan fingerprint density at radius 1 is 0.938 bits per heavy atom. The van der Waals surface area contributed by atoms with Gasteiger partial charge in [0, 0.05) is 6.07 Å². The van der Waals surface area contributed by atoms with E-state index in [1.54, 1.807) is 24.3 Å². The van der Waals surface area contributed by atoms with Crippen molar-refractivity contribution >= 4 is 22.6 Å². The van der Waals surface area contributed by atoms with E-state index >= 15 is 0 Å². The van der Waals surface area contributed by atoms with Gasteiger partial charge in [0.15, 0.2) is 0 Å². The zero-order valence-electron chi connectivity index (χ0n) is 16.4. The molecule has 11 nitrogen and oxygen atoms in total.